The molecule has 0 saturated heterocycles. The predicted octanol–water partition coefficient (Wildman–Crippen LogP) is 4.21. The lowest BCUT2D eigenvalue weighted by Crippen LogP contribution is -2.05. The maximum absolute atomic E-state index is 11.8. The van der Waals surface area contributed by atoms with E-state index in [-0.39, 0.29) is 5.56 Å². The van der Waals surface area contributed by atoms with E-state index in [1.165, 1.54) is 0 Å². The van der Waals surface area contributed by atoms with Gasteiger partial charge in [-0.1, -0.05) is 66.7 Å². The third-order valence-electron chi connectivity index (χ3n) is 3.23. The van der Waals surface area contributed by atoms with Gasteiger partial charge in [0.05, 0.1) is 0 Å². The maximum atomic E-state index is 11.8. The molecule has 0 fully saturated rings. The van der Waals surface area contributed by atoms with Crippen LogP contribution in [0.25, 0.3) is 23.3 Å². The molecule has 0 aliphatic carbocycles. The first-order chi connectivity index (χ1) is 10.3. The van der Waals surface area contributed by atoms with Gasteiger partial charge < -0.3 is 4.98 Å². The summed E-state index contributed by atoms with van der Waals surface area (Å²) in [5.74, 6) is 0. The number of benzene rings is 2. The molecular formula is C19H15NO. The van der Waals surface area contributed by atoms with E-state index in [4.69, 9.17) is 0 Å². The van der Waals surface area contributed by atoms with E-state index in [9.17, 15) is 4.79 Å². The van der Waals surface area contributed by atoms with Crippen LogP contribution in [0.5, 0.6) is 0 Å². The lowest BCUT2D eigenvalue weighted by Gasteiger charge is -2.02. The van der Waals surface area contributed by atoms with Gasteiger partial charge in [0.15, 0.2) is 0 Å². The standard InChI is InChI=1S/C19H15NO/c21-19-14-17(16-9-5-2-6-10-16)13-18(20-19)12-11-15-7-3-1-4-8-15/h1-14H,(H,20,21)/b12-11+. The predicted molar refractivity (Wildman–Crippen MR) is 87.9 cm³/mol. The molecule has 2 nitrogen and oxygen atoms in total. The Bertz CT molecular complexity index is 802. The Hall–Kier alpha value is -2.87. The number of hydrogen-bond acceptors (Lipinski definition) is 1. The second kappa shape index (κ2) is 6.06. The summed E-state index contributed by atoms with van der Waals surface area (Å²) >= 11 is 0. The minimum absolute atomic E-state index is 0.0935. The molecule has 102 valence electrons. The van der Waals surface area contributed by atoms with Crippen molar-refractivity contribution in [3.05, 3.63) is 94.4 Å². The van der Waals surface area contributed by atoms with Crippen molar-refractivity contribution < 1.29 is 0 Å². The van der Waals surface area contributed by atoms with Crippen molar-refractivity contribution >= 4 is 12.2 Å². The molecule has 0 radical (unpaired) electrons. The summed E-state index contributed by atoms with van der Waals surface area (Å²) < 4.78 is 0. The summed E-state index contributed by atoms with van der Waals surface area (Å²) in [7, 11) is 0. The molecule has 0 aliphatic heterocycles. The monoisotopic (exact) mass is 273 g/mol. The quantitative estimate of drug-likeness (QED) is 0.761. The van der Waals surface area contributed by atoms with Crippen LogP contribution in [0.4, 0.5) is 0 Å². The number of aromatic amines is 1. The van der Waals surface area contributed by atoms with Crippen LogP contribution in [0.1, 0.15) is 11.3 Å². The van der Waals surface area contributed by atoms with Crippen LogP contribution < -0.4 is 5.56 Å². The Balaban J connectivity index is 1.95. The molecule has 0 spiro atoms. The van der Waals surface area contributed by atoms with Crippen molar-refractivity contribution in [1.29, 1.82) is 0 Å². The van der Waals surface area contributed by atoms with Gasteiger partial charge in [-0.2, -0.15) is 0 Å². The van der Waals surface area contributed by atoms with Crippen LogP contribution in [0.2, 0.25) is 0 Å². The molecule has 2 aromatic carbocycles. The van der Waals surface area contributed by atoms with E-state index < -0.39 is 0 Å². The summed E-state index contributed by atoms with van der Waals surface area (Å²) in [6, 6.07) is 23.5. The molecule has 1 aromatic heterocycles. The zero-order valence-electron chi connectivity index (χ0n) is 11.5. The molecule has 0 saturated carbocycles. The highest BCUT2D eigenvalue weighted by Crippen LogP contribution is 2.18. The first-order valence-corrected chi connectivity index (χ1v) is 6.84. The van der Waals surface area contributed by atoms with E-state index in [1.54, 1.807) is 6.07 Å². The molecule has 1 heterocycles. The molecule has 2 heteroatoms. The number of pyridine rings is 1. The SMILES string of the molecule is O=c1cc(-c2ccccc2)cc(/C=C/c2ccccc2)[nH]1. The molecule has 0 unspecified atom stereocenters. The van der Waals surface area contributed by atoms with E-state index in [2.05, 4.69) is 4.98 Å². The van der Waals surface area contributed by atoms with E-state index in [0.717, 1.165) is 22.4 Å². The fourth-order valence-electron chi connectivity index (χ4n) is 2.20. The summed E-state index contributed by atoms with van der Waals surface area (Å²) in [5.41, 5.74) is 3.77. The lowest BCUT2D eigenvalue weighted by atomic mass is 10.1. The van der Waals surface area contributed by atoms with Gasteiger partial charge in [0.25, 0.3) is 0 Å². The minimum Gasteiger partial charge on any atom is -0.322 e. The second-order valence-electron chi connectivity index (χ2n) is 4.80. The summed E-state index contributed by atoms with van der Waals surface area (Å²) in [6.07, 6.45) is 3.91. The van der Waals surface area contributed by atoms with Gasteiger partial charge in [0.2, 0.25) is 5.56 Å². The molecule has 1 N–H and O–H groups in total. The molecule has 0 atom stereocenters. The van der Waals surface area contributed by atoms with Crippen LogP contribution in [0, 0.1) is 0 Å². The molecule has 3 rings (SSSR count). The smallest absolute Gasteiger partial charge is 0.248 e. The Kier molecular flexibility index (Phi) is 3.79. The van der Waals surface area contributed by atoms with Crippen molar-refractivity contribution in [3.8, 4) is 11.1 Å². The van der Waals surface area contributed by atoms with Gasteiger partial charge >= 0.3 is 0 Å². The number of aromatic nitrogens is 1. The molecule has 0 bridgehead atoms. The molecule has 3 aromatic rings. The zero-order valence-corrected chi connectivity index (χ0v) is 11.5. The van der Waals surface area contributed by atoms with Crippen molar-refractivity contribution in [3.63, 3.8) is 0 Å². The van der Waals surface area contributed by atoms with Crippen LogP contribution in [-0.4, -0.2) is 4.98 Å². The lowest BCUT2D eigenvalue weighted by molar-refractivity contribution is 1.22. The van der Waals surface area contributed by atoms with Crippen LogP contribution in [0.15, 0.2) is 77.6 Å². The summed E-state index contributed by atoms with van der Waals surface area (Å²) in [6.45, 7) is 0. The van der Waals surface area contributed by atoms with Gasteiger partial charge in [-0.25, -0.2) is 0 Å². The molecule has 21 heavy (non-hydrogen) atoms. The van der Waals surface area contributed by atoms with Gasteiger partial charge in [-0.05, 0) is 28.8 Å². The van der Waals surface area contributed by atoms with E-state index >= 15 is 0 Å². The number of H-pyrrole nitrogens is 1. The molecular weight excluding hydrogens is 258 g/mol. The van der Waals surface area contributed by atoms with Crippen molar-refractivity contribution in [2.45, 2.75) is 0 Å². The summed E-state index contributed by atoms with van der Waals surface area (Å²) in [4.78, 5) is 14.7. The summed E-state index contributed by atoms with van der Waals surface area (Å²) in [5, 5.41) is 0. The van der Waals surface area contributed by atoms with Crippen molar-refractivity contribution in [2.24, 2.45) is 0 Å². The Labute approximate surface area is 123 Å². The number of nitrogens with one attached hydrogen (secondary N) is 1. The zero-order chi connectivity index (χ0) is 14.5. The topological polar surface area (TPSA) is 32.9 Å². The fraction of sp³-hybridized carbons (Fsp3) is 0. The molecule has 0 amide bonds. The first kappa shape index (κ1) is 13.1. The third-order valence-corrected chi connectivity index (χ3v) is 3.23. The highest BCUT2D eigenvalue weighted by molar-refractivity contribution is 5.71. The van der Waals surface area contributed by atoms with Crippen molar-refractivity contribution in [1.82, 2.24) is 4.98 Å². The van der Waals surface area contributed by atoms with Gasteiger partial charge in [-0.3, -0.25) is 4.79 Å². The normalized spacial score (nSPS) is 10.9. The number of hydrogen-bond donors (Lipinski definition) is 1. The highest BCUT2D eigenvalue weighted by Gasteiger charge is 1.99. The average Bonchev–Trinajstić information content (AvgIpc) is 2.54. The number of rotatable bonds is 3. The largest absolute Gasteiger partial charge is 0.322 e. The Morgan fingerprint density at radius 3 is 2.10 bits per heavy atom. The third kappa shape index (κ3) is 3.37. The maximum Gasteiger partial charge on any atom is 0.248 e. The Morgan fingerprint density at radius 2 is 1.38 bits per heavy atom. The first-order valence-electron chi connectivity index (χ1n) is 6.84. The van der Waals surface area contributed by atoms with Crippen molar-refractivity contribution in [2.75, 3.05) is 0 Å². The van der Waals surface area contributed by atoms with E-state index in [1.807, 2.05) is 78.9 Å². The van der Waals surface area contributed by atoms with Crippen LogP contribution >= 0.6 is 0 Å². The van der Waals surface area contributed by atoms with Gasteiger partial charge in [0, 0.05) is 11.8 Å². The Morgan fingerprint density at radius 1 is 0.714 bits per heavy atom. The molecule has 0 aliphatic rings. The van der Waals surface area contributed by atoms with Gasteiger partial charge in [-0.15, -0.1) is 0 Å². The van der Waals surface area contributed by atoms with Crippen LogP contribution in [-0.2, 0) is 0 Å². The van der Waals surface area contributed by atoms with Crippen LogP contribution in [0.3, 0.4) is 0 Å². The highest BCUT2D eigenvalue weighted by atomic mass is 16.1. The van der Waals surface area contributed by atoms with Gasteiger partial charge in [0.1, 0.15) is 0 Å². The minimum atomic E-state index is -0.0935. The van der Waals surface area contributed by atoms with E-state index in [0.29, 0.717) is 0 Å². The second-order valence-corrected chi connectivity index (χ2v) is 4.80. The fourth-order valence-corrected chi connectivity index (χ4v) is 2.20. The average molecular weight is 273 g/mol.